The third kappa shape index (κ3) is 0.969. The van der Waals surface area contributed by atoms with Crippen LogP contribution in [0.25, 0.3) is 0 Å². The number of carbonyl (C=O) groups excluding carboxylic acids is 1. The first kappa shape index (κ1) is 8.27. The molecule has 0 N–H and O–H groups in total. The van der Waals surface area contributed by atoms with Crippen LogP contribution in [0.15, 0.2) is 12.2 Å². The van der Waals surface area contributed by atoms with Crippen LogP contribution in [0.2, 0.25) is 0 Å². The number of Topliss-reactive ketones (excluding diaryl/α,β-unsaturated/α-hetero) is 1. The molecule has 0 aromatic rings. The van der Waals surface area contributed by atoms with E-state index in [0.717, 1.165) is 6.42 Å². The minimum absolute atomic E-state index is 0.000247. The van der Waals surface area contributed by atoms with Crippen LogP contribution < -0.4 is 0 Å². The second kappa shape index (κ2) is 2.30. The van der Waals surface area contributed by atoms with Gasteiger partial charge in [0.25, 0.3) is 0 Å². The third-order valence-electron chi connectivity index (χ3n) is 3.13. The lowest BCUT2D eigenvalue weighted by Crippen LogP contribution is -2.55. The van der Waals surface area contributed by atoms with Crippen LogP contribution in [0.1, 0.15) is 6.42 Å². The van der Waals surface area contributed by atoms with E-state index in [9.17, 15) is 4.79 Å². The Morgan fingerprint density at radius 1 is 1.46 bits per heavy atom. The number of hydrogen-bond donors (Lipinski definition) is 0. The van der Waals surface area contributed by atoms with Crippen molar-refractivity contribution in [1.82, 2.24) is 0 Å². The number of epoxide rings is 1. The molecule has 0 aromatic carbocycles. The molecule has 70 valence electrons. The molecule has 1 saturated carbocycles. The van der Waals surface area contributed by atoms with E-state index in [1.165, 1.54) is 0 Å². The van der Waals surface area contributed by atoms with Crippen molar-refractivity contribution in [2.45, 2.75) is 23.0 Å². The highest BCUT2D eigenvalue weighted by Crippen LogP contribution is 2.54. The zero-order valence-corrected chi connectivity index (χ0v) is 8.26. The predicted octanol–water partition coefficient (Wildman–Crippen LogP) is 1.70. The van der Waals surface area contributed by atoms with Crippen molar-refractivity contribution in [2.75, 3.05) is 0 Å². The lowest BCUT2D eigenvalue weighted by molar-refractivity contribution is -0.134. The Balaban J connectivity index is 1.91. The highest BCUT2D eigenvalue weighted by Gasteiger charge is 2.62. The number of fused-ring (bicyclic) bond motifs is 2. The van der Waals surface area contributed by atoms with Gasteiger partial charge in [0, 0.05) is 11.8 Å². The summed E-state index contributed by atoms with van der Waals surface area (Å²) in [5.41, 5.74) is 0. The molecule has 13 heavy (non-hydrogen) atoms. The van der Waals surface area contributed by atoms with E-state index >= 15 is 0 Å². The molecule has 4 atom stereocenters. The van der Waals surface area contributed by atoms with Gasteiger partial charge in [0.05, 0.1) is 6.10 Å². The van der Waals surface area contributed by atoms with Gasteiger partial charge < -0.3 is 4.74 Å². The molecule has 1 aliphatic heterocycles. The fourth-order valence-electron chi connectivity index (χ4n) is 2.23. The average Bonchev–Trinajstić information content (AvgIpc) is 2.78. The summed E-state index contributed by atoms with van der Waals surface area (Å²) in [6.45, 7) is 0. The minimum atomic E-state index is -1.17. The number of halogens is 2. The van der Waals surface area contributed by atoms with Gasteiger partial charge >= 0.3 is 0 Å². The van der Waals surface area contributed by atoms with Crippen molar-refractivity contribution in [3.63, 3.8) is 0 Å². The van der Waals surface area contributed by atoms with Gasteiger partial charge in [0.2, 0.25) is 0 Å². The summed E-state index contributed by atoms with van der Waals surface area (Å²) in [5.74, 6) is -0.0508. The van der Waals surface area contributed by atoms with Crippen molar-refractivity contribution in [1.29, 1.82) is 0 Å². The van der Waals surface area contributed by atoms with Crippen LogP contribution in [0.4, 0.5) is 0 Å². The van der Waals surface area contributed by atoms with Crippen molar-refractivity contribution < 1.29 is 9.53 Å². The summed E-state index contributed by atoms with van der Waals surface area (Å²) in [6, 6.07) is 0. The highest BCUT2D eigenvalue weighted by atomic mass is 35.5. The van der Waals surface area contributed by atoms with Crippen molar-refractivity contribution in [3.8, 4) is 0 Å². The van der Waals surface area contributed by atoms with Crippen LogP contribution in [-0.2, 0) is 9.53 Å². The van der Waals surface area contributed by atoms with Gasteiger partial charge in [-0.2, -0.15) is 0 Å². The first-order chi connectivity index (χ1) is 6.10. The average molecular weight is 219 g/mol. The van der Waals surface area contributed by atoms with E-state index in [2.05, 4.69) is 0 Å². The number of carbonyl (C=O) groups is 1. The molecule has 0 spiro atoms. The lowest BCUT2D eigenvalue weighted by atomic mass is 9.70. The van der Waals surface area contributed by atoms with Crippen LogP contribution in [0, 0.1) is 11.8 Å². The Kier molecular flexibility index (Phi) is 1.46. The number of alkyl halides is 2. The Hall–Kier alpha value is -0.0500. The molecule has 2 nitrogen and oxygen atoms in total. The first-order valence-corrected chi connectivity index (χ1v) is 5.12. The zero-order valence-electron chi connectivity index (χ0n) is 6.74. The molecular formula is C9H8Cl2O2. The van der Waals surface area contributed by atoms with Crippen molar-refractivity contribution in [3.05, 3.63) is 12.2 Å². The van der Waals surface area contributed by atoms with E-state index in [4.69, 9.17) is 27.9 Å². The molecule has 0 radical (unpaired) electrons. The van der Waals surface area contributed by atoms with Gasteiger partial charge in [-0.3, -0.25) is 4.79 Å². The van der Waals surface area contributed by atoms with E-state index < -0.39 is 4.33 Å². The molecule has 2 unspecified atom stereocenters. The molecule has 3 rings (SSSR count). The SMILES string of the molecule is O=C1[C@H]2CC3OC3C=C[C@H]2C1(Cl)Cl. The van der Waals surface area contributed by atoms with Crippen molar-refractivity contribution >= 4 is 29.0 Å². The van der Waals surface area contributed by atoms with E-state index in [0.29, 0.717) is 0 Å². The minimum Gasteiger partial charge on any atom is -0.365 e. The summed E-state index contributed by atoms with van der Waals surface area (Å²) < 4.78 is 4.13. The van der Waals surface area contributed by atoms with Gasteiger partial charge in [-0.15, -0.1) is 0 Å². The van der Waals surface area contributed by atoms with E-state index in [-0.39, 0.29) is 29.8 Å². The first-order valence-electron chi connectivity index (χ1n) is 4.36. The summed E-state index contributed by atoms with van der Waals surface area (Å²) in [4.78, 5) is 11.5. The van der Waals surface area contributed by atoms with Crippen LogP contribution in [0.5, 0.6) is 0 Å². The number of hydrogen-bond acceptors (Lipinski definition) is 2. The lowest BCUT2D eigenvalue weighted by Gasteiger charge is -2.43. The maximum absolute atomic E-state index is 11.5. The van der Waals surface area contributed by atoms with Gasteiger partial charge in [-0.25, -0.2) is 0 Å². The predicted molar refractivity (Wildman–Crippen MR) is 48.8 cm³/mol. The molecule has 2 aliphatic carbocycles. The smallest absolute Gasteiger partial charge is 0.183 e. The molecule has 0 aromatic heterocycles. The number of ketones is 1. The zero-order chi connectivity index (χ0) is 9.22. The second-order valence-electron chi connectivity index (χ2n) is 3.88. The Morgan fingerprint density at radius 2 is 2.23 bits per heavy atom. The maximum atomic E-state index is 11.5. The van der Waals surface area contributed by atoms with Gasteiger partial charge in [-0.1, -0.05) is 35.4 Å². The molecule has 2 fully saturated rings. The molecule has 4 heteroatoms. The quantitative estimate of drug-likeness (QED) is 0.352. The third-order valence-corrected chi connectivity index (χ3v) is 4.01. The standard InChI is InChI=1S/C9H8Cl2O2/c10-9(11)5-1-2-6-7(13-6)3-4(5)8(9)12/h1-2,4-7H,3H2/t4-,5+,6?,7?/m0/s1. The van der Waals surface area contributed by atoms with Crippen LogP contribution in [-0.4, -0.2) is 22.3 Å². The Labute approximate surface area is 85.8 Å². The topological polar surface area (TPSA) is 29.6 Å². The highest BCUT2D eigenvalue weighted by molar-refractivity contribution is 6.61. The Bertz CT molecular complexity index is 311. The van der Waals surface area contributed by atoms with Gasteiger partial charge in [-0.05, 0) is 6.42 Å². The summed E-state index contributed by atoms with van der Waals surface area (Å²) in [7, 11) is 0. The molecule has 0 bridgehead atoms. The van der Waals surface area contributed by atoms with Crippen LogP contribution in [0.3, 0.4) is 0 Å². The monoisotopic (exact) mass is 218 g/mol. The normalized spacial score (nSPS) is 50.2. The molecule has 1 heterocycles. The number of rotatable bonds is 0. The fourth-order valence-corrected chi connectivity index (χ4v) is 2.96. The Morgan fingerprint density at radius 3 is 3.00 bits per heavy atom. The second-order valence-corrected chi connectivity index (χ2v) is 5.27. The molecule has 0 amide bonds. The molecule has 1 saturated heterocycles. The summed E-state index contributed by atoms with van der Waals surface area (Å²) >= 11 is 11.8. The largest absolute Gasteiger partial charge is 0.365 e. The number of allylic oxidation sites excluding steroid dienone is 1. The summed E-state index contributed by atoms with van der Waals surface area (Å²) in [6.07, 6.45) is 5.13. The van der Waals surface area contributed by atoms with Gasteiger partial charge in [0.15, 0.2) is 10.1 Å². The van der Waals surface area contributed by atoms with E-state index in [1.54, 1.807) is 0 Å². The van der Waals surface area contributed by atoms with Gasteiger partial charge in [0.1, 0.15) is 6.10 Å². The van der Waals surface area contributed by atoms with Crippen LogP contribution >= 0.6 is 23.2 Å². The fraction of sp³-hybridized carbons (Fsp3) is 0.667. The van der Waals surface area contributed by atoms with Crippen molar-refractivity contribution in [2.24, 2.45) is 11.8 Å². The maximum Gasteiger partial charge on any atom is 0.183 e. The summed E-state index contributed by atoms with van der Waals surface area (Å²) in [5, 5.41) is 0. The van der Waals surface area contributed by atoms with E-state index in [1.807, 2.05) is 12.2 Å². The molecule has 3 aliphatic rings. The molecular weight excluding hydrogens is 211 g/mol. The number of ether oxygens (including phenoxy) is 1.